The largest absolute Gasteiger partial charge is 0.468 e. The van der Waals surface area contributed by atoms with Crippen LogP contribution in [0.2, 0.25) is 0 Å². The number of allylic oxidation sites excluding steroid dienone is 3. The van der Waals surface area contributed by atoms with Gasteiger partial charge < -0.3 is 9.47 Å². The van der Waals surface area contributed by atoms with Crippen LogP contribution in [0, 0.1) is 17.3 Å². The Kier molecular flexibility index (Phi) is 5.25. The lowest BCUT2D eigenvalue weighted by atomic mass is 9.76. The van der Waals surface area contributed by atoms with Crippen LogP contribution in [-0.2, 0) is 25.5 Å². The summed E-state index contributed by atoms with van der Waals surface area (Å²) in [6, 6.07) is 7.42. The standard InChI is InChI=1S/C20H20O4/c1-14-9-10-16-7-5-6-8-17(16)13-20(18(21)23-3,19(22)24-4)12-11-15(14)2/h5-8,11H,1,12-13H2,2-4H3/b15-11-. The van der Waals surface area contributed by atoms with Crippen molar-refractivity contribution in [2.75, 3.05) is 14.2 Å². The fourth-order valence-corrected chi connectivity index (χ4v) is 2.67. The van der Waals surface area contributed by atoms with Crippen LogP contribution in [0.3, 0.4) is 0 Å². The van der Waals surface area contributed by atoms with Crippen molar-refractivity contribution in [2.45, 2.75) is 19.8 Å². The van der Waals surface area contributed by atoms with Crippen LogP contribution >= 0.6 is 0 Å². The van der Waals surface area contributed by atoms with E-state index in [1.807, 2.05) is 31.2 Å². The molecule has 0 unspecified atom stereocenters. The SMILES string of the molecule is C=C1C#Cc2ccccc2CC(C(=O)OC)(C(=O)OC)C/C=C\1C. The fourth-order valence-electron chi connectivity index (χ4n) is 2.67. The number of esters is 2. The van der Waals surface area contributed by atoms with E-state index in [4.69, 9.17) is 9.47 Å². The van der Waals surface area contributed by atoms with E-state index in [2.05, 4.69) is 18.4 Å². The normalized spacial score (nSPS) is 18.1. The van der Waals surface area contributed by atoms with Crippen molar-refractivity contribution in [3.63, 3.8) is 0 Å². The predicted octanol–water partition coefficient (Wildman–Crippen LogP) is 2.82. The maximum absolute atomic E-state index is 12.5. The molecule has 4 heteroatoms. The molecule has 1 aliphatic carbocycles. The summed E-state index contributed by atoms with van der Waals surface area (Å²) in [5.41, 5.74) is 1.57. The van der Waals surface area contributed by atoms with Gasteiger partial charge in [0.15, 0.2) is 5.41 Å². The number of benzene rings is 1. The highest BCUT2D eigenvalue weighted by atomic mass is 16.5. The van der Waals surface area contributed by atoms with Gasteiger partial charge in [-0.1, -0.05) is 42.7 Å². The molecule has 0 aliphatic heterocycles. The Bertz CT molecular complexity index is 758. The van der Waals surface area contributed by atoms with Crippen molar-refractivity contribution in [3.8, 4) is 11.8 Å². The number of hydrogen-bond donors (Lipinski definition) is 0. The van der Waals surface area contributed by atoms with Crippen LogP contribution in [0.15, 0.2) is 48.1 Å². The third kappa shape index (κ3) is 3.26. The first-order chi connectivity index (χ1) is 11.4. The molecule has 1 aromatic rings. The number of fused-ring (bicyclic) bond motifs is 1. The monoisotopic (exact) mass is 324 g/mol. The molecule has 4 nitrogen and oxygen atoms in total. The second-order valence-corrected chi connectivity index (χ2v) is 5.72. The van der Waals surface area contributed by atoms with Crippen LogP contribution in [0.1, 0.15) is 24.5 Å². The van der Waals surface area contributed by atoms with E-state index < -0.39 is 17.4 Å². The van der Waals surface area contributed by atoms with E-state index in [0.717, 1.165) is 16.7 Å². The van der Waals surface area contributed by atoms with Crippen molar-refractivity contribution < 1.29 is 19.1 Å². The second-order valence-electron chi connectivity index (χ2n) is 5.72. The van der Waals surface area contributed by atoms with Gasteiger partial charge in [-0.15, -0.1) is 0 Å². The molecule has 0 aromatic heterocycles. The third-order valence-corrected chi connectivity index (χ3v) is 4.24. The van der Waals surface area contributed by atoms with Gasteiger partial charge in [0, 0.05) is 17.6 Å². The molecule has 0 saturated heterocycles. The van der Waals surface area contributed by atoms with E-state index >= 15 is 0 Å². The maximum atomic E-state index is 12.5. The van der Waals surface area contributed by atoms with Gasteiger partial charge in [-0.2, -0.15) is 0 Å². The zero-order chi connectivity index (χ0) is 17.7. The Labute approximate surface area is 142 Å². The molecular formula is C20H20O4. The average Bonchev–Trinajstić information content (AvgIpc) is 2.61. The third-order valence-electron chi connectivity index (χ3n) is 4.24. The number of hydrogen-bond acceptors (Lipinski definition) is 4. The topological polar surface area (TPSA) is 52.6 Å². The van der Waals surface area contributed by atoms with E-state index in [-0.39, 0.29) is 12.8 Å². The molecule has 124 valence electrons. The Hall–Kier alpha value is -2.80. The van der Waals surface area contributed by atoms with Crippen molar-refractivity contribution in [3.05, 3.63) is 59.2 Å². The number of rotatable bonds is 2. The molecule has 0 saturated carbocycles. The lowest BCUT2D eigenvalue weighted by molar-refractivity contribution is -0.168. The van der Waals surface area contributed by atoms with Gasteiger partial charge in [0.1, 0.15) is 0 Å². The van der Waals surface area contributed by atoms with Crippen molar-refractivity contribution in [1.29, 1.82) is 0 Å². The second kappa shape index (κ2) is 7.18. The maximum Gasteiger partial charge on any atom is 0.323 e. The van der Waals surface area contributed by atoms with Crippen LogP contribution < -0.4 is 0 Å². The lowest BCUT2D eigenvalue weighted by Gasteiger charge is -2.28. The zero-order valence-electron chi connectivity index (χ0n) is 14.1. The molecule has 0 heterocycles. The summed E-state index contributed by atoms with van der Waals surface area (Å²) in [7, 11) is 2.54. The lowest BCUT2D eigenvalue weighted by Crippen LogP contribution is -2.43. The Balaban J connectivity index is 2.70. The van der Waals surface area contributed by atoms with E-state index in [1.165, 1.54) is 14.2 Å². The van der Waals surface area contributed by atoms with E-state index in [0.29, 0.717) is 5.57 Å². The molecule has 0 amide bonds. The Morgan fingerprint density at radius 3 is 2.38 bits per heavy atom. The number of ether oxygens (including phenoxy) is 2. The van der Waals surface area contributed by atoms with Gasteiger partial charge in [-0.05, 0) is 30.5 Å². The van der Waals surface area contributed by atoms with Gasteiger partial charge in [0.2, 0.25) is 0 Å². The first kappa shape index (κ1) is 17.6. The summed E-state index contributed by atoms with van der Waals surface area (Å²) in [5, 5.41) is 0. The van der Waals surface area contributed by atoms with Gasteiger partial charge >= 0.3 is 11.9 Å². The average molecular weight is 324 g/mol. The highest BCUT2D eigenvalue weighted by Crippen LogP contribution is 2.34. The minimum atomic E-state index is -1.44. The van der Waals surface area contributed by atoms with Crippen molar-refractivity contribution >= 4 is 11.9 Å². The number of carbonyl (C=O) groups excluding carboxylic acids is 2. The first-order valence-electron chi connectivity index (χ1n) is 7.57. The molecule has 1 aromatic carbocycles. The molecule has 0 atom stereocenters. The molecule has 1 aliphatic rings. The summed E-state index contributed by atoms with van der Waals surface area (Å²) in [5.74, 6) is 4.86. The fraction of sp³-hybridized carbons (Fsp3) is 0.300. The predicted molar refractivity (Wildman–Crippen MR) is 91.0 cm³/mol. The van der Waals surface area contributed by atoms with Gasteiger partial charge in [0.25, 0.3) is 0 Å². The minimum Gasteiger partial charge on any atom is -0.468 e. The highest BCUT2D eigenvalue weighted by molar-refractivity contribution is 6.00. The van der Waals surface area contributed by atoms with E-state index in [1.54, 1.807) is 6.08 Å². The quantitative estimate of drug-likeness (QED) is 0.477. The molecule has 0 spiro atoms. The van der Waals surface area contributed by atoms with Gasteiger partial charge in [-0.3, -0.25) is 9.59 Å². The Morgan fingerprint density at radius 1 is 1.12 bits per heavy atom. The molecule has 2 rings (SSSR count). The van der Waals surface area contributed by atoms with Crippen LogP contribution in [0.25, 0.3) is 0 Å². The van der Waals surface area contributed by atoms with Crippen LogP contribution in [0.4, 0.5) is 0 Å². The molecule has 0 fully saturated rings. The molecule has 0 N–H and O–H groups in total. The van der Waals surface area contributed by atoms with Gasteiger partial charge in [0.05, 0.1) is 14.2 Å². The first-order valence-corrected chi connectivity index (χ1v) is 7.57. The molecule has 0 radical (unpaired) electrons. The summed E-state index contributed by atoms with van der Waals surface area (Å²) in [4.78, 5) is 25.1. The zero-order valence-corrected chi connectivity index (χ0v) is 14.1. The van der Waals surface area contributed by atoms with Crippen molar-refractivity contribution in [2.24, 2.45) is 5.41 Å². The Morgan fingerprint density at radius 2 is 1.75 bits per heavy atom. The summed E-state index contributed by atoms with van der Waals surface area (Å²) >= 11 is 0. The highest BCUT2D eigenvalue weighted by Gasteiger charge is 2.48. The summed E-state index contributed by atoms with van der Waals surface area (Å²) in [6.07, 6.45) is 2.11. The molecule has 24 heavy (non-hydrogen) atoms. The van der Waals surface area contributed by atoms with Crippen LogP contribution in [0.5, 0.6) is 0 Å². The molecule has 0 bridgehead atoms. The minimum absolute atomic E-state index is 0.160. The van der Waals surface area contributed by atoms with Crippen molar-refractivity contribution in [1.82, 2.24) is 0 Å². The number of carbonyl (C=O) groups is 2. The summed E-state index contributed by atoms with van der Waals surface area (Å²) < 4.78 is 9.87. The number of methoxy groups -OCH3 is 2. The van der Waals surface area contributed by atoms with E-state index in [9.17, 15) is 9.59 Å². The van der Waals surface area contributed by atoms with Crippen LogP contribution in [-0.4, -0.2) is 26.2 Å². The summed E-state index contributed by atoms with van der Waals surface area (Å²) in [6.45, 7) is 5.80. The smallest absolute Gasteiger partial charge is 0.323 e. The van der Waals surface area contributed by atoms with Gasteiger partial charge in [-0.25, -0.2) is 0 Å². The molecular weight excluding hydrogens is 304 g/mol.